The largest absolute Gasteiger partial charge is 0.352 e. The minimum absolute atomic E-state index is 0.0595. The molecule has 0 fully saturated rings. The van der Waals surface area contributed by atoms with E-state index in [2.05, 4.69) is 11.9 Å². The molecule has 0 heterocycles. The van der Waals surface area contributed by atoms with Crippen molar-refractivity contribution in [3.8, 4) is 0 Å². The number of nitrogens with two attached hydrogens (primary N) is 1. The maximum absolute atomic E-state index is 11.3. The van der Waals surface area contributed by atoms with Crippen molar-refractivity contribution >= 4 is 15.9 Å². The van der Waals surface area contributed by atoms with E-state index in [9.17, 15) is 13.2 Å². The molecule has 0 aliphatic carbocycles. The van der Waals surface area contributed by atoms with Gasteiger partial charge in [0.05, 0.1) is 4.90 Å². The van der Waals surface area contributed by atoms with E-state index in [1.165, 1.54) is 12.1 Å². The van der Waals surface area contributed by atoms with Crippen LogP contribution < -0.4 is 10.5 Å². The molecule has 0 aromatic heterocycles. The van der Waals surface area contributed by atoms with Crippen LogP contribution in [0.5, 0.6) is 0 Å². The maximum atomic E-state index is 11.3. The highest BCUT2D eigenvalue weighted by atomic mass is 32.2. The summed E-state index contributed by atoms with van der Waals surface area (Å²) in [6.45, 7) is 3.90. The highest BCUT2D eigenvalue weighted by Gasteiger charge is 2.06. The molecule has 1 rings (SSSR count). The van der Waals surface area contributed by atoms with Gasteiger partial charge in [-0.1, -0.05) is 18.2 Å². The van der Waals surface area contributed by atoms with Gasteiger partial charge in [0.2, 0.25) is 15.9 Å². The standard InChI is InChI=1S/C12H16N2O3S/c1-2-3-4-12(15)14-9-10-5-7-11(8-6-10)18(13,16)17/h2,5-8H,1,3-4,9H2,(H,14,15)(H2,13,16,17). The van der Waals surface area contributed by atoms with Crippen LogP contribution in [0.3, 0.4) is 0 Å². The number of carbonyl (C=O) groups is 1. The molecule has 0 atom stereocenters. The van der Waals surface area contributed by atoms with E-state index in [0.717, 1.165) is 5.56 Å². The smallest absolute Gasteiger partial charge is 0.238 e. The van der Waals surface area contributed by atoms with Gasteiger partial charge in [-0.25, -0.2) is 13.6 Å². The first kappa shape index (κ1) is 14.4. The molecule has 1 amide bonds. The summed E-state index contributed by atoms with van der Waals surface area (Å²) in [6, 6.07) is 6.07. The number of carbonyl (C=O) groups excluding carboxylic acids is 1. The van der Waals surface area contributed by atoms with Crippen LogP contribution in [-0.2, 0) is 21.4 Å². The first-order chi connectivity index (χ1) is 8.43. The lowest BCUT2D eigenvalue weighted by molar-refractivity contribution is -0.121. The van der Waals surface area contributed by atoms with Crippen LogP contribution in [0.1, 0.15) is 18.4 Å². The zero-order valence-electron chi connectivity index (χ0n) is 9.93. The fourth-order valence-electron chi connectivity index (χ4n) is 1.32. The number of sulfonamides is 1. The van der Waals surface area contributed by atoms with Crippen LogP contribution in [0.15, 0.2) is 41.8 Å². The maximum Gasteiger partial charge on any atom is 0.238 e. The normalized spacial score (nSPS) is 10.9. The summed E-state index contributed by atoms with van der Waals surface area (Å²) in [5, 5.41) is 7.70. The van der Waals surface area contributed by atoms with E-state index < -0.39 is 10.0 Å². The second-order valence-electron chi connectivity index (χ2n) is 3.79. The minimum atomic E-state index is -3.66. The van der Waals surface area contributed by atoms with Crippen LogP contribution in [0.2, 0.25) is 0 Å². The molecule has 0 bridgehead atoms. The third-order valence-electron chi connectivity index (χ3n) is 2.32. The summed E-state index contributed by atoms with van der Waals surface area (Å²) >= 11 is 0. The quantitative estimate of drug-likeness (QED) is 0.752. The van der Waals surface area contributed by atoms with Crippen molar-refractivity contribution in [1.29, 1.82) is 0 Å². The van der Waals surface area contributed by atoms with Crippen LogP contribution in [0.25, 0.3) is 0 Å². The molecule has 0 aliphatic rings. The average Bonchev–Trinajstić information content (AvgIpc) is 2.33. The first-order valence-corrected chi connectivity index (χ1v) is 6.97. The predicted octanol–water partition coefficient (Wildman–Crippen LogP) is 0.916. The van der Waals surface area contributed by atoms with Gasteiger partial charge < -0.3 is 5.32 Å². The van der Waals surface area contributed by atoms with Gasteiger partial charge in [-0.2, -0.15) is 0 Å². The Labute approximate surface area is 107 Å². The van der Waals surface area contributed by atoms with Crippen LogP contribution in [-0.4, -0.2) is 14.3 Å². The SMILES string of the molecule is C=CCCC(=O)NCc1ccc(S(N)(=O)=O)cc1. The molecule has 18 heavy (non-hydrogen) atoms. The third-order valence-corrected chi connectivity index (χ3v) is 3.25. The van der Waals surface area contributed by atoms with Crippen LogP contribution >= 0.6 is 0 Å². The van der Waals surface area contributed by atoms with Crippen LogP contribution in [0.4, 0.5) is 0 Å². The van der Waals surface area contributed by atoms with Gasteiger partial charge in [0.15, 0.2) is 0 Å². The minimum Gasteiger partial charge on any atom is -0.352 e. The van der Waals surface area contributed by atoms with E-state index in [1.54, 1.807) is 18.2 Å². The van der Waals surface area contributed by atoms with Gasteiger partial charge in [-0.05, 0) is 24.1 Å². The Hall–Kier alpha value is -1.66. The van der Waals surface area contributed by atoms with Crippen molar-refractivity contribution in [1.82, 2.24) is 5.32 Å². The fourth-order valence-corrected chi connectivity index (χ4v) is 1.83. The number of nitrogens with one attached hydrogen (secondary N) is 1. The van der Waals surface area contributed by atoms with Gasteiger partial charge >= 0.3 is 0 Å². The van der Waals surface area contributed by atoms with Gasteiger partial charge in [-0.3, -0.25) is 4.79 Å². The monoisotopic (exact) mass is 268 g/mol. The molecule has 1 aromatic rings. The summed E-state index contributed by atoms with van der Waals surface area (Å²) in [6.07, 6.45) is 2.72. The van der Waals surface area contributed by atoms with E-state index in [1.807, 2.05) is 0 Å². The lowest BCUT2D eigenvalue weighted by Crippen LogP contribution is -2.22. The van der Waals surface area contributed by atoms with E-state index in [0.29, 0.717) is 19.4 Å². The number of hydrogen-bond acceptors (Lipinski definition) is 3. The summed E-state index contributed by atoms with van der Waals surface area (Å²) in [4.78, 5) is 11.4. The molecule has 0 saturated heterocycles. The predicted molar refractivity (Wildman–Crippen MR) is 69.1 cm³/mol. The van der Waals surface area contributed by atoms with Gasteiger partial charge in [0.25, 0.3) is 0 Å². The number of allylic oxidation sites excluding steroid dienone is 1. The Morgan fingerprint density at radius 1 is 1.33 bits per heavy atom. The second-order valence-corrected chi connectivity index (χ2v) is 5.35. The highest BCUT2D eigenvalue weighted by molar-refractivity contribution is 7.89. The Morgan fingerprint density at radius 2 is 1.94 bits per heavy atom. The topological polar surface area (TPSA) is 89.3 Å². The van der Waals surface area contributed by atoms with E-state index in [4.69, 9.17) is 5.14 Å². The number of hydrogen-bond donors (Lipinski definition) is 2. The lowest BCUT2D eigenvalue weighted by atomic mass is 10.2. The summed E-state index contributed by atoms with van der Waals surface area (Å²) < 4.78 is 22.1. The van der Waals surface area contributed by atoms with Crippen molar-refractivity contribution in [2.75, 3.05) is 0 Å². The molecule has 0 radical (unpaired) electrons. The third kappa shape index (κ3) is 4.68. The summed E-state index contributed by atoms with van der Waals surface area (Å²) in [5.74, 6) is -0.0644. The Kier molecular flexibility index (Phi) is 5.06. The molecular formula is C12H16N2O3S. The number of benzene rings is 1. The zero-order valence-corrected chi connectivity index (χ0v) is 10.7. The fraction of sp³-hybridized carbons (Fsp3) is 0.250. The van der Waals surface area contributed by atoms with Gasteiger partial charge in [-0.15, -0.1) is 6.58 Å². The van der Waals surface area contributed by atoms with Crippen molar-refractivity contribution in [3.63, 3.8) is 0 Å². The second kappa shape index (κ2) is 6.32. The molecule has 1 aromatic carbocycles. The summed E-state index contributed by atoms with van der Waals surface area (Å²) in [5.41, 5.74) is 0.814. The van der Waals surface area contributed by atoms with Crippen molar-refractivity contribution in [2.45, 2.75) is 24.3 Å². The average molecular weight is 268 g/mol. The summed E-state index contributed by atoms with van der Waals surface area (Å²) in [7, 11) is -3.66. The molecule has 0 unspecified atom stereocenters. The molecule has 3 N–H and O–H groups in total. The number of amides is 1. The van der Waals surface area contributed by atoms with E-state index >= 15 is 0 Å². The van der Waals surface area contributed by atoms with Crippen molar-refractivity contribution in [2.24, 2.45) is 5.14 Å². The molecule has 0 saturated carbocycles. The molecule has 0 spiro atoms. The molecule has 5 nitrogen and oxygen atoms in total. The van der Waals surface area contributed by atoms with Gasteiger partial charge in [0.1, 0.15) is 0 Å². The Morgan fingerprint density at radius 3 is 2.44 bits per heavy atom. The molecule has 98 valence electrons. The Balaban J connectivity index is 2.54. The molecule has 0 aliphatic heterocycles. The molecule has 6 heteroatoms. The zero-order chi connectivity index (χ0) is 13.6. The van der Waals surface area contributed by atoms with Crippen molar-refractivity contribution < 1.29 is 13.2 Å². The highest BCUT2D eigenvalue weighted by Crippen LogP contribution is 2.08. The number of primary sulfonamides is 1. The lowest BCUT2D eigenvalue weighted by Gasteiger charge is -2.05. The van der Waals surface area contributed by atoms with E-state index in [-0.39, 0.29) is 10.8 Å². The van der Waals surface area contributed by atoms with Crippen LogP contribution in [0, 0.1) is 0 Å². The Bertz CT molecular complexity index is 521. The molecular weight excluding hydrogens is 252 g/mol. The number of rotatable bonds is 6. The van der Waals surface area contributed by atoms with Crippen molar-refractivity contribution in [3.05, 3.63) is 42.5 Å². The van der Waals surface area contributed by atoms with Gasteiger partial charge in [0, 0.05) is 13.0 Å². The first-order valence-electron chi connectivity index (χ1n) is 5.43.